The van der Waals surface area contributed by atoms with Crippen LogP contribution in [0.15, 0.2) is 45.6 Å². The van der Waals surface area contributed by atoms with Crippen LogP contribution in [0.4, 0.5) is 13.2 Å². The zero-order valence-corrected chi connectivity index (χ0v) is 18.1. The number of hydrogen-bond donors (Lipinski definition) is 0. The molecule has 5 nitrogen and oxygen atoms in total. The molecule has 0 aliphatic carbocycles. The topological polar surface area (TPSA) is 65.7 Å². The van der Waals surface area contributed by atoms with Crippen molar-refractivity contribution in [3.8, 4) is 5.75 Å². The summed E-state index contributed by atoms with van der Waals surface area (Å²) in [5, 5.41) is 0.776. The van der Waals surface area contributed by atoms with Gasteiger partial charge in [-0.25, -0.2) is 4.79 Å². The third-order valence-corrected chi connectivity index (χ3v) is 5.17. The molecule has 0 saturated carbocycles. The van der Waals surface area contributed by atoms with Crippen LogP contribution >= 0.6 is 11.6 Å². The van der Waals surface area contributed by atoms with Gasteiger partial charge in [-0.15, -0.1) is 0 Å². The van der Waals surface area contributed by atoms with E-state index in [0.717, 1.165) is 12.1 Å². The number of aryl methyl sites for hydroxylation is 1. The summed E-state index contributed by atoms with van der Waals surface area (Å²) in [6.07, 6.45) is -4.26. The highest BCUT2D eigenvalue weighted by Gasteiger charge is 2.30. The molecule has 0 radical (unpaired) electrons. The van der Waals surface area contributed by atoms with Crippen LogP contribution in [0.25, 0.3) is 11.0 Å². The van der Waals surface area contributed by atoms with Crippen LogP contribution in [0.3, 0.4) is 0 Å². The molecule has 0 N–H and O–H groups in total. The van der Waals surface area contributed by atoms with Gasteiger partial charge in [-0.3, -0.25) is 4.79 Å². The van der Waals surface area contributed by atoms with Crippen molar-refractivity contribution in [3.63, 3.8) is 0 Å². The molecule has 2 aromatic carbocycles. The molecule has 0 fully saturated rings. The zero-order valence-electron chi connectivity index (χ0n) is 17.3. The second kappa shape index (κ2) is 9.65. The van der Waals surface area contributed by atoms with E-state index in [1.807, 2.05) is 0 Å². The van der Waals surface area contributed by atoms with Crippen LogP contribution in [-0.4, -0.2) is 12.6 Å². The third kappa shape index (κ3) is 5.43. The summed E-state index contributed by atoms with van der Waals surface area (Å²) in [6.45, 7) is 3.51. The molecule has 0 aliphatic heterocycles. The largest absolute Gasteiger partial charge is 0.487 e. The first kappa shape index (κ1) is 23.7. The Bertz CT molecular complexity index is 1200. The zero-order chi connectivity index (χ0) is 23.5. The third-order valence-electron chi connectivity index (χ3n) is 4.87. The van der Waals surface area contributed by atoms with Crippen LogP contribution in [0.2, 0.25) is 5.02 Å². The monoisotopic (exact) mass is 468 g/mol. The van der Waals surface area contributed by atoms with Crippen LogP contribution < -0.4 is 10.4 Å². The van der Waals surface area contributed by atoms with Gasteiger partial charge in [0.05, 0.1) is 17.2 Å². The van der Waals surface area contributed by atoms with E-state index < -0.39 is 23.3 Å². The van der Waals surface area contributed by atoms with Gasteiger partial charge in [0.25, 0.3) is 0 Å². The molecule has 170 valence electrons. The number of hydrogen-bond acceptors (Lipinski definition) is 5. The van der Waals surface area contributed by atoms with Gasteiger partial charge in [-0.2, -0.15) is 13.2 Å². The maximum absolute atomic E-state index is 12.9. The van der Waals surface area contributed by atoms with Gasteiger partial charge in [0.15, 0.2) is 0 Å². The summed E-state index contributed by atoms with van der Waals surface area (Å²) in [6, 6.07) is 7.76. The Kier molecular flexibility index (Phi) is 7.13. The highest BCUT2D eigenvalue weighted by atomic mass is 35.5. The standard InChI is InChI=1S/C23H20ClF3O5/c1-3-30-21(28)8-7-16-13(2)17-10-18(24)20(11-19(17)32-22(16)29)31-12-14-5-4-6-15(9-14)23(25,26)27/h4-6,9-11H,3,7-8,12H2,1-2H3. The van der Waals surface area contributed by atoms with Gasteiger partial charge in [0.1, 0.15) is 17.9 Å². The summed E-state index contributed by atoms with van der Waals surface area (Å²) in [5.74, 6) is -0.249. The first-order valence-electron chi connectivity index (χ1n) is 9.80. The van der Waals surface area contributed by atoms with Crippen molar-refractivity contribution in [1.82, 2.24) is 0 Å². The predicted molar refractivity (Wildman–Crippen MR) is 113 cm³/mol. The molecule has 32 heavy (non-hydrogen) atoms. The molecular weight excluding hydrogens is 449 g/mol. The second-order valence-electron chi connectivity index (χ2n) is 7.06. The van der Waals surface area contributed by atoms with Gasteiger partial charge in [0.2, 0.25) is 0 Å². The molecule has 0 saturated heterocycles. The van der Waals surface area contributed by atoms with Gasteiger partial charge in [-0.05, 0) is 49.6 Å². The highest BCUT2D eigenvalue weighted by Crippen LogP contribution is 2.33. The Morgan fingerprint density at radius 3 is 2.62 bits per heavy atom. The molecule has 9 heteroatoms. The van der Waals surface area contributed by atoms with E-state index in [1.54, 1.807) is 19.9 Å². The molecule has 0 bridgehead atoms. The lowest BCUT2D eigenvalue weighted by Crippen LogP contribution is -2.13. The number of carbonyl (C=O) groups excluding carboxylic acids is 1. The Labute approximate surface area is 186 Å². The Morgan fingerprint density at radius 2 is 1.94 bits per heavy atom. The van der Waals surface area contributed by atoms with Crippen molar-refractivity contribution in [2.45, 2.75) is 39.5 Å². The van der Waals surface area contributed by atoms with Gasteiger partial charge >= 0.3 is 17.8 Å². The fraction of sp³-hybridized carbons (Fsp3) is 0.304. The summed E-state index contributed by atoms with van der Waals surface area (Å²) in [7, 11) is 0. The van der Waals surface area contributed by atoms with Crippen molar-refractivity contribution in [2.75, 3.05) is 6.61 Å². The molecule has 1 aromatic heterocycles. The minimum absolute atomic E-state index is 0.0386. The lowest BCUT2D eigenvalue weighted by molar-refractivity contribution is -0.143. The fourth-order valence-electron chi connectivity index (χ4n) is 3.25. The first-order valence-corrected chi connectivity index (χ1v) is 10.2. The molecule has 0 unspecified atom stereocenters. The number of alkyl halides is 3. The van der Waals surface area contributed by atoms with E-state index in [1.165, 1.54) is 18.2 Å². The summed E-state index contributed by atoms with van der Waals surface area (Å²) >= 11 is 6.31. The minimum atomic E-state index is -4.46. The fourth-order valence-corrected chi connectivity index (χ4v) is 3.47. The molecule has 3 aromatic rings. The van der Waals surface area contributed by atoms with E-state index in [0.29, 0.717) is 22.1 Å². The number of carbonyl (C=O) groups is 1. The number of benzene rings is 2. The maximum Gasteiger partial charge on any atom is 0.416 e. The molecule has 0 atom stereocenters. The normalized spacial score (nSPS) is 11.6. The van der Waals surface area contributed by atoms with Crippen LogP contribution in [0, 0.1) is 6.92 Å². The number of ether oxygens (including phenoxy) is 2. The SMILES string of the molecule is CCOC(=O)CCc1c(C)c2cc(Cl)c(OCc3cccc(C(F)(F)F)c3)cc2oc1=O. The smallest absolute Gasteiger partial charge is 0.416 e. The van der Waals surface area contributed by atoms with E-state index in [-0.39, 0.29) is 42.4 Å². The molecule has 0 amide bonds. The van der Waals surface area contributed by atoms with Crippen molar-refractivity contribution in [3.05, 3.63) is 74.1 Å². The number of fused-ring (bicyclic) bond motifs is 1. The first-order chi connectivity index (χ1) is 15.1. The predicted octanol–water partition coefficient (Wildman–Crippen LogP) is 5.85. The molecule has 1 heterocycles. The molecule has 0 spiro atoms. The van der Waals surface area contributed by atoms with Crippen molar-refractivity contribution in [1.29, 1.82) is 0 Å². The summed E-state index contributed by atoms with van der Waals surface area (Å²) < 4.78 is 54.5. The van der Waals surface area contributed by atoms with Crippen molar-refractivity contribution in [2.24, 2.45) is 0 Å². The number of esters is 1. The maximum atomic E-state index is 12.9. The van der Waals surface area contributed by atoms with Crippen molar-refractivity contribution < 1.29 is 31.9 Å². The van der Waals surface area contributed by atoms with Gasteiger partial charge in [-0.1, -0.05) is 23.7 Å². The van der Waals surface area contributed by atoms with E-state index in [4.69, 9.17) is 25.5 Å². The van der Waals surface area contributed by atoms with Crippen LogP contribution in [0.1, 0.15) is 35.6 Å². The lowest BCUT2D eigenvalue weighted by atomic mass is 10.0. The molecule has 3 rings (SSSR count). The average Bonchev–Trinajstić information content (AvgIpc) is 2.72. The van der Waals surface area contributed by atoms with E-state index >= 15 is 0 Å². The van der Waals surface area contributed by atoms with Gasteiger partial charge < -0.3 is 13.9 Å². The Hall–Kier alpha value is -3.00. The van der Waals surface area contributed by atoms with E-state index in [2.05, 4.69) is 0 Å². The van der Waals surface area contributed by atoms with Gasteiger partial charge in [0, 0.05) is 23.4 Å². The summed E-state index contributed by atoms with van der Waals surface area (Å²) in [4.78, 5) is 24.0. The number of rotatable bonds is 7. The Balaban J connectivity index is 1.85. The highest BCUT2D eigenvalue weighted by molar-refractivity contribution is 6.32. The number of halogens is 4. The Morgan fingerprint density at radius 1 is 1.19 bits per heavy atom. The molecule has 0 aliphatic rings. The van der Waals surface area contributed by atoms with Crippen LogP contribution in [0.5, 0.6) is 5.75 Å². The van der Waals surface area contributed by atoms with Crippen LogP contribution in [-0.2, 0) is 28.7 Å². The average molecular weight is 469 g/mol. The quantitative estimate of drug-likeness (QED) is 0.321. The minimum Gasteiger partial charge on any atom is -0.487 e. The van der Waals surface area contributed by atoms with Crippen molar-refractivity contribution >= 4 is 28.5 Å². The second-order valence-corrected chi connectivity index (χ2v) is 7.47. The summed E-state index contributed by atoms with van der Waals surface area (Å²) in [5.41, 5.74) is 0.121. The molecular formula is C23H20ClF3O5. The lowest BCUT2D eigenvalue weighted by Gasteiger charge is -2.13. The van der Waals surface area contributed by atoms with E-state index in [9.17, 15) is 22.8 Å².